The van der Waals surface area contributed by atoms with E-state index >= 15 is 0 Å². The second-order valence-corrected chi connectivity index (χ2v) is 5.16. The number of rotatable bonds is 1. The van der Waals surface area contributed by atoms with E-state index in [9.17, 15) is 0 Å². The Kier molecular flexibility index (Phi) is 3.20. The minimum absolute atomic E-state index is 0.339. The van der Waals surface area contributed by atoms with Crippen molar-refractivity contribution < 1.29 is 0 Å². The molecule has 6 heteroatoms. The van der Waals surface area contributed by atoms with Gasteiger partial charge in [-0.05, 0) is 25.1 Å². The second kappa shape index (κ2) is 4.89. The topological polar surface area (TPSA) is 64.7 Å². The SMILES string of the molecule is Cc1ncc2cc(-c3c(Cl)cccc3Cl)c(N)nc2n1. The van der Waals surface area contributed by atoms with E-state index < -0.39 is 0 Å². The molecular weight excluding hydrogens is 295 g/mol. The number of nitrogens with two attached hydrogens (primary N) is 1. The van der Waals surface area contributed by atoms with Crippen LogP contribution in [0.5, 0.6) is 0 Å². The van der Waals surface area contributed by atoms with Gasteiger partial charge in [0.2, 0.25) is 0 Å². The third kappa shape index (κ3) is 2.17. The summed E-state index contributed by atoms with van der Waals surface area (Å²) in [5.74, 6) is 0.985. The lowest BCUT2D eigenvalue weighted by atomic mass is 10.1. The molecule has 20 heavy (non-hydrogen) atoms. The number of anilines is 1. The Balaban J connectivity index is 2.32. The number of aryl methyl sites for hydroxylation is 1. The Hall–Kier alpha value is -1.91. The number of fused-ring (bicyclic) bond motifs is 1. The van der Waals surface area contributed by atoms with Crippen molar-refractivity contribution in [3.8, 4) is 11.1 Å². The zero-order valence-electron chi connectivity index (χ0n) is 10.6. The molecule has 0 spiro atoms. The summed E-state index contributed by atoms with van der Waals surface area (Å²) in [7, 11) is 0. The second-order valence-electron chi connectivity index (χ2n) is 4.35. The minimum Gasteiger partial charge on any atom is -0.383 e. The molecule has 0 fully saturated rings. The van der Waals surface area contributed by atoms with Crippen molar-refractivity contribution in [3.63, 3.8) is 0 Å². The summed E-state index contributed by atoms with van der Waals surface area (Å²) in [5, 5.41) is 1.84. The van der Waals surface area contributed by atoms with Crippen molar-refractivity contribution in [2.24, 2.45) is 0 Å². The van der Waals surface area contributed by atoms with Gasteiger partial charge in [-0.2, -0.15) is 0 Å². The first-order valence-electron chi connectivity index (χ1n) is 5.90. The lowest BCUT2D eigenvalue weighted by Gasteiger charge is -2.10. The molecule has 3 aromatic rings. The number of halogens is 2. The lowest BCUT2D eigenvalue weighted by molar-refractivity contribution is 1.07. The Morgan fingerprint density at radius 3 is 2.50 bits per heavy atom. The van der Waals surface area contributed by atoms with E-state index in [0.29, 0.717) is 38.5 Å². The molecule has 0 bridgehead atoms. The number of aromatic nitrogens is 3. The predicted molar refractivity (Wildman–Crippen MR) is 81.9 cm³/mol. The van der Waals surface area contributed by atoms with E-state index in [1.165, 1.54) is 0 Å². The molecule has 4 nitrogen and oxygen atoms in total. The molecule has 2 N–H and O–H groups in total. The first kappa shape index (κ1) is 13.1. The maximum Gasteiger partial charge on any atom is 0.165 e. The van der Waals surface area contributed by atoms with Crippen molar-refractivity contribution in [2.75, 3.05) is 5.73 Å². The van der Waals surface area contributed by atoms with E-state index in [0.717, 1.165) is 5.39 Å². The van der Waals surface area contributed by atoms with E-state index in [4.69, 9.17) is 28.9 Å². The first-order chi connectivity index (χ1) is 9.56. The predicted octanol–water partition coefficient (Wildman–Crippen LogP) is 3.89. The van der Waals surface area contributed by atoms with Gasteiger partial charge < -0.3 is 5.73 Å². The molecular formula is C14H10Cl2N4. The number of hydrogen-bond acceptors (Lipinski definition) is 4. The van der Waals surface area contributed by atoms with Crippen LogP contribution in [0.3, 0.4) is 0 Å². The molecule has 0 aliphatic rings. The smallest absolute Gasteiger partial charge is 0.165 e. The fraction of sp³-hybridized carbons (Fsp3) is 0.0714. The van der Waals surface area contributed by atoms with Crippen LogP contribution in [-0.4, -0.2) is 15.0 Å². The van der Waals surface area contributed by atoms with Crippen LogP contribution in [0.25, 0.3) is 22.2 Å². The highest BCUT2D eigenvalue weighted by molar-refractivity contribution is 6.39. The van der Waals surface area contributed by atoms with Crippen molar-refractivity contribution >= 4 is 40.1 Å². The highest BCUT2D eigenvalue weighted by Gasteiger charge is 2.14. The zero-order chi connectivity index (χ0) is 14.3. The average Bonchev–Trinajstić information content (AvgIpc) is 2.39. The molecule has 1 aromatic carbocycles. The van der Waals surface area contributed by atoms with Gasteiger partial charge in [0, 0.05) is 22.7 Å². The van der Waals surface area contributed by atoms with E-state index in [2.05, 4.69) is 15.0 Å². The summed E-state index contributed by atoms with van der Waals surface area (Å²) < 4.78 is 0. The first-order valence-corrected chi connectivity index (χ1v) is 6.66. The summed E-state index contributed by atoms with van der Waals surface area (Å²) in [6.07, 6.45) is 1.71. The van der Waals surface area contributed by atoms with E-state index in [1.54, 1.807) is 31.3 Å². The maximum atomic E-state index is 6.21. The van der Waals surface area contributed by atoms with Gasteiger partial charge in [-0.25, -0.2) is 15.0 Å². The number of hydrogen-bond donors (Lipinski definition) is 1. The summed E-state index contributed by atoms with van der Waals surface area (Å²) >= 11 is 12.4. The molecule has 0 unspecified atom stereocenters. The third-order valence-corrected chi connectivity index (χ3v) is 3.58. The number of benzene rings is 1. The Morgan fingerprint density at radius 2 is 1.80 bits per heavy atom. The van der Waals surface area contributed by atoms with Gasteiger partial charge in [-0.3, -0.25) is 0 Å². The van der Waals surface area contributed by atoms with Gasteiger partial charge in [0.05, 0.1) is 10.0 Å². The lowest BCUT2D eigenvalue weighted by Crippen LogP contribution is -1.99. The fourth-order valence-electron chi connectivity index (χ4n) is 2.02. The molecule has 0 amide bonds. The quantitative estimate of drug-likeness (QED) is 0.740. The Morgan fingerprint density at radius 1 is 1.10 bits per heavy atom. The zero-order valence-corrected chi connectivity index (χ0v) is 12.1. The molecule has 0 radical (unpaired) electrons. The van der Waals surface area contributed by atoms with Crippen molar-refractivity contribution in [3.05, 3.63) is 46.3 Å². The van der Waals surface area contributed by atoms with Gasteiger partial charge in [0.25, 0.3) is 0 Å². The molecule has 2 aromatic heterocycles. The maximum absolute atomic E-state index is 6.21. The van der Waals surface area contributed by atoms with Crippen LogP contribution in [-0.2, 0) is 0 Å². The normalized spacial score (nSPS) is 10.9. The van der Waals surface area contributed by atoms with Gasteiger partial charge in [0.15, 0.2) is 5.65 Å². The highest BCUT2D eigenvalue weighted by Crippen LogP contribution is 2.37. The molecule has 0 aliphatic carbocycles. The van der Waals surface area contributed by atoms with Crippen molar-refractivity contribution in [1.29, 1.82) is 0 Å². The number of nitrogens with zero attached hydrogens (tertiary/aromatic N) is 3. The Bertz CT molecular complexity index is 797. The molecule has 100 valence electrons. The summed E-state index contributed by atoms with van der Waals surface area (Å²) in [5.41, 5.74) is 7.93. The van der Waals surface area contributed by atoms with E-state index in [1.807, 2.05) is 6.07 Å². The van der Waals surface area contributed by atoms with Gasteiger partial charge >= 0.3 is 0 Å². The Labute approximate surface area is 125 Å². The van der Waals surface area contributed by atoms with Gasteiger partial charge in [0.1, 0.15) is 11.6 Å². The molecule has 0 atom stereocenters. The minimum atomic E-state index is 0.339. The van der Waals surface area contributed by atoms with Crippen LogP contribution in [0.1, 0.15) is 5.82 Å². The van der Waals surface area contributed by atoms with Crippen molar-refractivity contribution in [1.82, 2.24) is 15.0 Å². The van der Waals surface area contributed by atoms with Crippen LogP contribution < -0.4 is 5.73 Å². The monoisotopic (exact) mass is 304 g/mol. The third-order valence-electron chi connectivity index (χ3n) is 2.95. The van der Waals surface area contributed by atoms with Crippen LogP contribution in [0.2, 0.25) is 10.0 Å². The van der Waals surface area contributed by atoms with Crippen LogP contribution in [0.4, 0.5) is 5.82 Å². The largest absolute Gasteiger partial charge is 0.383 e. The molecule has 0 aliphatic heterocycles. The number of pyridine rings is 1. The standard InChI is InChI=1S/C14H10Cl2N4/c1-7-18-6-8-5-9(13(17)20-14(8)19-7)12-10(15)3-2-4-11(12)16/h2-6H,1H3,(H2,17,18,19,20). The molecule has 2 heterocycles. The summed E-state index contributed by atoms with van der Waals surface area (Å²) in [6, 6.07) is 7.16. The van der Waals surface area contributed by atoms with Crippen molar-refractivity contribution in [2.45, 2.75) is 6.92 Å². The van der Waals surface area contributed by atoms with Crippen LogP contribution in [0.15, 0.2) is 30.5 Å². The van der Waals surface area contributed by atoms with Crippen LogP contribution >= 0.6 is 23.2 Å². The average molecular weight is 305 g/mol. The number of nitrogen functional groups attached to an aromatic ring is 1. The van der Waals surface area contributed by atoms with E-state index in [-0.39, 0.29) is 0 Å². The molecule has 3 rings (SSSR count). The molecule has 0 saturated heterocycles. The molecule has 0 saturated carbocycles. The van der Waals surface area contributed by atoms with Crippen LogP contribution in [0, 0.1) is 6.92 Å². The fourth-order valence-corrected chi connectivity index (χ4v) is 2.62. The summed E-state index contributed by atoms with van der Waals surface area (Å²) in [4.78, 5) is 12.7. The summed E-state index contributed by atoms with van der Waals surface area (Å²) in [6.45, 7) is 1.80. The highest BCUT2D eigenvalue weighted by atomic mass is 35.5. The van der Waals surface area contributed by atoms with Gasteiger partial charge in [-0.1, -0.05) is 29.3 Å². The van der Waals surface area contributed by atoms with Gasteiger partial charge in [-0.15, -0.1) is 0 Å².